The van der Waals surface area contributed by atoms with Crippen molar-refractivity contribution in [2.45, 2.75) is 0 Å². The number of carbonyl (C=O) groups is 2. The second kappa shape index (κ2) is 14.8. The number of aromatic nitrogens is 2. The molecule has 9 nitrogen and oxygen atoms in total. The van der Waals surface area contributed by atoms with E-state index in [4.69, 9.17) is 5.11 Å². The number of hydrogen-bond acceptors (Lipinski definition) is 9. The van der Waals surface area contributed by atoms with E-state index < -0.39 is 23.3 Å². The molecule has 1 N–H and O–H groups in total. The van der Waals surface area contributed by atoms with Crippen LogP contribution in [0.2, 0.25) is 0 Å². The third-order valence-corrected chi connectivity index (χ3v) is 4.76. The van der Waals surface area contributed by atoms with Crippen molar-refractivity contribution in [3.05, 3.63) is 93.4 Å². The van der Waals surface area contributed by atoms with Crippen LogP contribution in [0.15, 0.2) is 77.9 Å². The molecular weight excluding hydrogens is 609 g/mol. The Hall–Kier alpha value is -3.38. The van der Waals surface area contributed by atoms with Gasteiger partial charge in [-0.25, -0.2) is 4.98 Å². The third-order valence-electron chi connectivity index (χ3n) is 4.09. The number of aromatic carboxylic acids is 2. The second-order valence-electron chi connectivity index (χ2n) is 6.28. The molecule has 0 atom stereocenters. The molecule has 4 aromatic rings. The maximum atomic E-state index is 11.7. The number of halogens is 1. The normalized spacial score (nSPS) is 9.80. The number of benzene rings is 2. The van der Waals surface area contributed by atoms with E-state index >= 15 is 0 Å². The van der Waals surface area contributed by atoms with Gasteiger partial charge in [-0.15, -0.1) is 0 Å². The molecule has 0 amide bonds. The molecule has 1 radical (unpaired) electrons. The zero-order valence-electron chi connectivity index (χ0n) is 18.1. The smallest absolute Gasteiger partial charge is 0.872 e. The Bertz CT molecular complexity index is 1300. The van der Waals surface area contributed by atoms with Gasteiger partial charge in [0.05, 0.1) is 34.5 Å². The average Bonchev–Trinajstić information content (AvgIpc) is 2.86. The number of hydrogen-bond donors (Lipinski definition) is 1. The molecule has 0 aliphatic heterocycles. The first-order valence-corrected chi connectivity index (χ1v) is 10.6. The van der Waals surface area contributed by atoms with E-state index in [9.17, 15) is 24.9 Å². The molecule has 4 rings (SSSR count). The number of fused-ring (bicyclic) bond motifs is 1. The topological polar surface area (TPSA) is 162 Å². The number of aliphatic imine (C=N–C) groups is 1. The standard InChI is InChI=1S/C16H11IN2O.C7H5NO4.CH4O.Fe/c17-13-6-7-15(20)12(9-13)10-19-14-5-1-3-11-4-2-8-18-16(11)14;9-6(10)4-2-1-3-5(8-4)7(11)12;1-2;/h1-10,20H;1-3H,(H,9,10)(H,11,12);2H,1H3;/q;;;+3/p-3. The Kier molecular flexibility index (Phi) is 12.5. The second-order valence-corrected chi connectivity index (χ2v) is 7.52. The van der Waals surface area contributed by atoms with Crippen molar-refractivity contribution in [1.29, 1.82) is 0 Å². The summed E-state index contributed by atoms with van der Waals surface area (Å²) >= 11 is 2.18. The quantitative estimate of drug-likeness (QED) is 0.200. The van der Waals surface area contributed by atoms with Crippen molar-refractivity contribution in [2.24, 2.45) is 4.99 Å². The summed E-state index contributed by atoms with van der Waals surface area (Å²) in [5.74, 6) is -3.06. The van der Waals surface area contributed by atoms with Crippen LogP contribution in [0.3, 0.4) is 0 Å². The molecule has 0 spiro atoms. The fourth-order valence-electron chi connectivity index (χ4n) is 2.61. The molecule has 2 aromatic heterocycles. The van der Waals surface area contributed by atoms with E-state index in [0.29, 0.717) is 5.56 Å². The van der Waals surface area contributed by atoms with Crippen LogP contribution in [0, 0.1) is 3.57 Å². The van der Waals surface area contributed by atoms with Gasteiger partial charge in [-0.2, -0.15) is 0 Å². The maximum Gasteiger partial charge on any atom is 3.00 e. The summed E-state index contributed by atoms with van der Waals surface area (Å²) < 4.78 is 1.01. The molecule has 11 heteroatoms. The summed E-state index contributed by atoms with van der Waals surface area (Å²) in [6.07, 6.45) is 3.35. The number of aliphatic hydroxyl groups is 1. The molecule has 0 bridgehead atoms. The van der Waals surface area contributed by atoms with Crippen LogP contribution in [0.4, 0.5) is 5.69 Å². The molecule has 0 saturated carbocycles. The number of carboxylic acids is 2. The minimum Gasteiger partial charge on any atom is -0.872 e. The van der Waals surface area contributed by atoms with Gasteiger partial charge in [0.25, 0.3) is 0 Å². The molecule has 2 heterocycles. The zero-order chi connectivity index (χ0) is 25.1. The maximum absolute atomic E-state index is 11.7. The van der Waals surface area contributed by atoms with Gasteiger partial charge in [0, 0.05) is 28.5 Å². The minimum absolute atomic E-state index is 0. The van der Waals surface area contributed by atoms with Crippen LogP contribution in [-0.2, 0) is 17.1 Å². The van der Waals surface area contributed by atoms with Gasteiger partial charge < -0.3 is 30.0 Å². The molecule has 0 saturated heterocycles. The average molecular weight is 626 g/mol. The van der Waals surface area contributed by atoms with Crippen LogP contribution in [0.1, 0.15) is 26.5 Å². The summed E-state index contributed by atoms with van der Waals surface area (Å²) in [5.41, 5.74) is 1.35. The van der Waals surface area contributed by atoms with Gasteiger partial charge in [0.15, 0.2) is 0 Å². The first-order valence-electron chi connectivity index (χ1n) is 9.54. The van der Waals surface area contributed by atoms with Gasteiger partial charge in [-0.1, -0.05) is 36.1 Å². The molecular formula is C24H17FeIN3O6. The van der Waals surface area contributed by atoms with Gasteiger partial charge in [0.1, 0.15) is 0 Å². The predicted molar refractivity (Wildman–Crippen MR) is 129 cm³/mol. The van der Waals surface area contributed by atoms with Crippen molar-refractivity contribution < 1.29 is 47.1 Å². The van der Waals surface area contributed by atoms with E-state index in [1.165, 1.54) is 6.07 Å². The van der Waals surface area contributed by atoms with E-state index in [1.54, 1.807) is 24.5 Å². The minimum atomic E-state index is -1.52. The molecule has 0 unspecified atom stereocenters. The Balaban J connectivity index is 0.000000353. The summed E-state index contributed by atoms with van der Waals surface area (Å²) in [6, 6.07) is 18.4. The van der Waals surface area contributed by atoms with Gasteiger partial charge in [-0.3, -0.25) is 9.98 Å². The monoisotopic (exact) mass is 626 g/mol. The van der Waals surface area contributed by atoms with Crippen LogP contribution in [-0.4, -0.2) is 40.3 Å². The number of carbonyl (C=O) groups excluding carboxylic acids is 2. The number of carboxylic acid groups (broad SMARTS) is 2. The van der Waals surface area contributed by atoms with Crippen molar-refractivity contribution in [3.8, 4) is 5.75 Å². The van der Waals surface area contributed by atoms with Crippen LogP contribution >= 0.6 is 22.6 Å². The van der Waals surface area contributed by atoms with Crippen molar-refractivity contribution in [3.63, 3.8) is 0 Å². The number of rotatable bonds is 4. The zero-order valence-corrected chi connectivity index (χ0v) is 21.3. The van der Waals surface area contributed by atoms with Crippen LogP contribution in [0.5, 0.6) is 5.75 Å². The Morgan fingerprint density at radius 2 is 1.54 bits per heavy atom. The molecule has 0 fully saturated rings. The van der Waals surface area contributed by atoms with Crippen LogP contribution in [0.25, 0.3) is 10.9 Å². The Morgan fingerprint density at radius 1 is 0.943 bits per heavy atom. The molecule has 2 aromatic carbocycles. The fourth-order valence-corrected chi connectivity index (χ4v) is 3.13. The summed E-state index contributed by atoms with van der Waals surface area (Å²) in [4.78, 5) is 32.4. The molecule has 0 aliphatic carbocycles. The van der Waals surface area contributed by atoms with Gasteiger partial charge in [0.2, 0.25) is 0 Å². The first-order chi connectivity index (χ1) is 16.3. The third kappa shape index (κ3) is 8.72. The number of pyridine rings is 2. The number of aliphatic hydroxyl groups excluding tert-OH is 1. The van der Waals surface area contributed by atoms with Crippen LogP contribution < -0.4 is 15.3 Å². The predicted octanol–water partition coefficient (Wildman–Crippen LogP) is 1.08. The number of nitrogens with zero attached hydrogens (tertiary/aromatic N) is 3. The Labute approximate surface area is 224 Å². The fraction of sp³-hybridized carbons (Fsp3) is 0.0417. The SMILES string of the molecule is CO.O=C([O-])c1cccc(C(=O)[O-])n1.[Fe+3].[O-]c1ccc(I)cc1C=Nc1cccc2cccnc12. The summed E-state index contributed by atoms with van der Waals surface area (Å²) in [7, 11) is 1.00. The molecule has 179 valence electrons. The Morgan fingerprint density at radius 3 is 2.17 bits per heavy atom. The summed E-state index contributed by atoms with van der Waals surface area (Å²) in [6.45, 7) is 0. The first kappa shape index (κ1) is 29.7. The summed E-state index contributed by atoms with van der Waals surface area (Å²) in [5, 5.41) is 40.2. The van der Waals surface area contributed by atoms with E-state index in [2.05, 4.69) is 37.6 Å². The molecule has 0 aliphatic rings. The van der Waals surface area contributed by atoms with Gasteiger partial charge in [-0.05, 0) is 64.6 Å². The van der Waals surface area contributed by atoms with E-state index in [-0.39, 0.29) is 22.8 Å². The van der Waals surface area contributed by atoms with E-state index in [1.807, 2.05) is 36.4 Å². The largest absolute Gasteiger partial charge is 3.00 e. The molecule has 35 heavy (non-hydrogen) atoms. The van der Waals surface area contributed by atoms with Crippen molar-refractivity contribution >= 4 is 57.3 Å². The van der Waals surface area contributed by atoms with Gasteiger partial charge >= 0.3 is 17.1 Å². The van der Waals surface area contributed by atoms with E-state index in [0.717, 1.165) is 39.4 Å². The van der Waals surface area contributed by atoms with Crippen molar-refractivity contribution in [1.82, 2.24) is 9.97 Å². The van der Waals surface area contributed by atoms with Crippen molar-refractivity contribution in [2.75, 3.05) is 7.11 Å². The number of para-hydroxylation sites is 1.